The molecule has 2 nitrogen and oxygen atoms in total. The molecule has 0 aliphatic heterocycles. The van der Waals surface area contributed by atoms with Crippen LogP contribution < -0.4 is 5.73 Å². The molecule has 0 saturated heterocycles. The van der Waals surface area contributed by atoms with E-state index in [1.807, 2.05) is 24.9 Å². The van der Waals surface area contributed by atoms with Gasteiger partial charge in [0, 0.05) is 28.3 Å². The summed E-state index contributed by atoms with van der Waals surface area (Å²) in [4.78, 5) is 6.84. The predicted molar refractivity (Wildman–Crippen MR) is 70.7 cm³/mol. The molecule has 0 unspecified atom stereocenters. The molecule has 2 aromatic rings. The zero-order chi connectivity index (χ0) is 11.4. The normalized spacial score (nSPS) is 10.6. The van der Waals surface area contributed by atoms with Crippen molar-refractivity contribution in [1.29, 1.82) is 0 Å². The number of rotatable bonds is 4. The third-order valence-electron chi connectivity index (χ3n) is 2.18. The summed E-state index contributed by atoms with van der Waals surface area (Å²) in [6.45, 7) is 2.64. The van der Waals surface area contributed by atoms with Crippen LogP contribution in [0.3, 0.4) is 0 Å². The lowest BCUT2D eigenvalue weighted by Crippen LogP contribution is -1.95. The molecule has 0 aliphatic rings. The first-order chi connectivity index (χ1) is 7.78. The topological polar surface area (TPSA) is 38.9 Å². The van der Waals surface area contributed by atoms with Crippen molar-refractivity contribution in [2.24, 2.45) is 5.73 Å². The highest BCUT2D eigenvalue weighted by molar-refractivity contribution is 7.98. The molecule has 0 amide bonds. The van der Waals surface area contributed by atoms with Gasteiger partial charge in [0.1, 0.15) is 0 Å². The fourth-order valence-corrected chi connectivity index (χ4v) is 3.18. The zero-order valence-electron chi connectivity index (χ0n) is 9.14. The maximum absolute atomic E-state index is 5.61. The molecule has 16 heavy (non-hydrogen) atoms. The van der Waals surface area contributed by atoms with Gasteiger partial charge in [0.2, 0.25) is 0 Å². The van der Waals surface area contributed by atoms with Gasteiger partial charge in [-0.15, -0.1) is 23.1 Å². The quantitative estimate of drug-likeness (QED) is 0.847. The SMILES string of the molecule is Cc1ncc(CSc2cccc(CN)c2)s1. The van der Waals surface area contributed by atoms with E-state index < -0.39 is 0 Å². The zero-order valence-corrected chi connectivity index (χ0v) is 10.8. The molecule has 0 fully saturated rings. The van der Waals surface area contributed by atoms with Crippen LogP contribution in [0.1, 0.15) is 15.4 Å². The maximum Gasteiger partial charge on any atom is 0.0897 e. The van der Waals surface area contributed by atoms with Crippen molar-refractivity contribution in [2.45, 2.75) is 24.1 Å². The average Bonchev–Trinajstić information content (AvgIpc) is 2.73. The van der Waals surface area contributed by atoms with Crippen LogP contribution in [0.15, 0.2) is 35.4 Å². The number of thioether (sulfide) groups is 1. The number of benzene rings is 1. The molecule has 0 radical (unpaired) electrons. The number of hydrogen-bond acceptors (Lipinski definition) is 4. The Balaban J connectivity index is 1.99. The Kier molecular flexibility index (Phi) is 3.98. The maximum atomic E-state index is 5.61. The molecular formula is C12H14N2S2. The van der Waals surface area contributed by atoms with E-state index in [1.54, 1.807) is 11.3 Å². The Hall–Kier alpha value is -0.840. The van der Waals surface area contributed by atoms with Crippen molar-refractivity contribution in [3.8, 4) is 0 Å². The van der Waals surface area contributed by atoms with E-state index in [1.165, 1.54) is 15.3 Å². The molecule has 0 bridgehead atoms. The van der Waals surface area contributed by atoms with Crippen molar-refractivity contribution >= 4 is 23.1 Å². The van der Waals surface area contributed by atoms with Gasteiger partial charge in [-0.05, 0) is 24.6 Å². The van der Waals surface area contributed by atoms with Crippen LogP contribution in [0.2, 0.25) is 0 Å². The molecule has 0 aliphatic carbocycles. The minimum Gasteiger partial charge on any atom is -0.326 e. The lowest BCUT2D eigenvalue weighted by Gasteiger charge is -2.02. The van der Waals surface area contributed by atoms with E-state index in [4.69, 9.17) is 5.73 Å². The second-order valence-electron chi connectivity index (χ2n) is 3.49. The fraction of sp³-hybridized carbons (Fsp3) is 0.250. The third-order valence-corrected chi connectivity index (χ3v) is 4.32. The monoisotopic (exact) mass is 250 g/mol. The summed E-state index contributed by atoms with van der Waals surface area (Å²) in [6, 6.07) is 8.39. The number of aromatic nitrogens is 1. The summed E-state index contributed by atoms with van der Waals surface area (Å²) in [7, 11) is 0. The van der Waals surface area contributed by atoms with E-state index in [0.717, 1.165) is 10.8 Å². The van der Waals surface area contributed by atoms with Crippen LogP contribution in [0.25, 0.3) is 0 Å². The van der Waals surface area contributed by atoms with Crippen molar-refractivity contribution in [3.05, 3.63) is 45.9 Å². The second kappa shape index (κ2) is 5.48. The van der Waals surface area contributed by atoms with Crippen LogP contribution in [-0.2, 0) is 12.3 Å². The number of aryl methyl sites for hydroxylation is 1. The Morgan fingerprint density at radius 3 is 3.00 bits per heavy atom. The van der Waals surface area contributed by atoms with Crippen LogP contribution in [0.5, 0.6) is 0 Å². The Bertz CT molecular complexity index is 466. The van der Waals surface area contributed by atoms with E-state index >= 15 is 0 Å². The summed E-state index contributed by atoms with van der Waals surface area (Å²) in [5, 5.41) is 1.13. The van der Waals surface area contributed by atoms with Crippen molar-refractivity contribution in [3.63, 3.8) is 0 Å². The van der Waals surface area contributed by atoms with Gasteiger partial charge < -0.3 is 5.73 Å². The van der Waals surface area contributed by atoms with Gasteiger partial charge >= 0.3 is 0 Å². The smallest absolute Gasteiger partial charge is 0.0897 e. The second-order valence-corrected chi connectivity index (χ2v) is 5.85. The van der Waals surface area contributed by atoms with E-state index in [-0.39, 0.29) is 0 Å². The van der Waals surface area contributed by atoms with Crippen LogP contribution in [0, 0.1) is 6.92 Å². The van der Waals surface area contributed by atoms with Gasteiger partial charge in [0.25, 0.3) is 0 Å². The van der Waals surface area contributed by atoms with Crippen LogP contribution in [-0.4, -0.2) is 4.98 Å². The largest absolute Gasteiger partial charge is 0.326 e. The molecule has 4 heteroatoms. The first-order valence-electron chi connectivity index (χ1n) is 5.11. The first-order valence-corrected chi connectivity index (χ1v) is 6.91. The van der Waals surface area contributed by atoms with Crippen LogP contribution >= 0.6 is 23.1 Å². The molecule has 1 aromatic heterocycles. The molecular weight excluding hydrogens is 236 g/mol. The lowest BCUT2D eigenvalue weighted by molar-refractivity contribution is 1.06. The molecule has 1 aromatic carbocycles. The van der Waals surface area contributed by atoms with Crippen molar-refractivity contribution in [2.75, 3.05) is 0 Å². The Morgan fingerprint density at radius 2 is 2.31 bits per heavy atom. The predicted octanol–water partition coefficient (Wildman–Crippen LogP) is 3.20. The number of hydrogen-bond donors (Lipinski definition) is 1. The summed E-state index contributed by atoms with van der Waals surface area (Å²) >= 11 is 3.59. The summed E-state index contributed by atoms with van der Waals surface area (Å²) in [5.41, 5.74) is 6.80. The van der Waals surface area contributed by atoms with E-state index in [9.17, 15) is 0 Å². The van der Waals surface area contributed by atoms with Gasteiger partial charge in [0.05, 0.1) is 5.01 Å². The van der Waals surface area contributed by atoms with E-state index in [0.29, 0.717) is 6.54 Å². The highest BCUT2D eigenvalue weighted by Gasteiger charge is 2.00. The number of thiazole rings is 1. The average molecular weight is 250 g/mol. The number of nitrogens with zero attached hydrogens (tertiary/aromatic N) is 1. The minimum atomic E-state index is 0.605. The standard InChI is InChI=1S/C12H14N2S2/c1-9-14-7-12(16-9)8-15-11-4-2-3-10(5-11)6-13/h2-5,7H,6,8,13H2,1H3. The highest BCUT2D eigenvalue weighted by Crippen LogP contribution is 2.25. The van der Waals surface area contributed by atoms with Crippen molar-refractivity contribution in [1.82, 2.24) is 4.98 Å². The van der Waals surface area contributed by atoms with Gasteiger partial charge in [-0.25, -0.2) is 4.98 Å². The van der Waals surface area contributed by atoms with Gasteiger partial charge in [-0.2, -0.15) is 0 Å². The van der Waals surface area contributed by atoms with Gasteiger partial charge in [0.15, 0.2) is 0 Å². The molecule has 0 atom stereocenters. The summed E-state index contributed by atoms with van der Waals surface area (Å²) in [6.07, 6.45) is 1.96. The number of nitrogens with two attached hydrogens (primary N) is 1. The Morgan fingerprint density at radius 1 is 1.44 bits per heavy atom. The molecule has 2 N–H and O–H groups in total. The molecule has 0 spiro atoms. The Labute approximate surface area is 104 Å². The lowest BCUT2D eigenvalue weighted by atomic mass is 10.2. The third kappa shape index (κ3) is 3.07. The first kappa shape index (κ1) is 11.6. The highest BCUT2D eigenvalue weighted by atomic mass is 32.2. The molecule has 1 heterocycles. The molecule has 0 saturated carbocycles. The molecule has 2 rings (SSSR count). The molecule has 84 valence electrons. The van der Waals surface area contributed by atoms with Crippen LogP contribution in [0.4, 0.5) is 0 Å². The van der Waals surface area contributed by atoms with Gasteiger partial charge in [-0.3, -0.25) is 0 Å². The van der Waals surface area contributed by atoms with Crippen molar-refractivity contribution < 1.29 is 0 Å². The summed E-state index contributed by atoms with van der Waals surface area (Å²) in [5.74, 6) is 0.986. The minimum absolute atomic E-state index is 0.605. The summed E-state index contributed by atoms with van der Waals surface area (Å²) < 4.78 is 0. The van der Waals surface area contributed by atoms with Gasteiger partial charge in [-0.1, -0.05) is 12.1 Å². The fourth-order valence-electron chi connectivity index (χ4n) is 1.39. The van der Waals surface area contributed by atoms with E-state index in [2.05, 4.69) is 29.2 Å².